The first-order chi connectivity index (χ1) is 9.16. The number of hydrogen-bond donors (Lipinski definition) is 1. The number of ketones is 1. The van der Waals surface area contributed by atoms with Crippen LogP contribution in [0.4, 0.5) is 0 Å². The Labute approximate surface area is 118 Å². The lowest BCUT2D eigenvalue weighted by Gasteiger charge is -2.20. The van der Waals surface area contributed by atoms with E-state index in [1.54, 1.807) is 0 Å². The smallest absolute Gasteiger partial charge is 0.223 e. The van der Waals surface area contributed by atoms with Crippen molar-refractivity contribution in [1.29, 1.82) is 0 Å². The Morgan fingerprint density at radius 1 is 1.26 bits per heavy atom. The van der Waals surface area contributed by atoms with Crippen molar-refractivity contribution in [1.82, 2.24) is 5.32 Å². The molecule has 3 nitrogen and oxygen atoms in total. The van der Waals surface area contributed by atoms with E-state index in [0.29, 0.717) is 32.2 Å². The number of carbonyl (C=O) groups excluding carboxylic acids is 2. The van der Waals surface area contributed by atoms with Gasteiger partial charge in [0.2, 0.25) is 5.91 Å². The molecule has 1 aliphatic rings. The molecule has 0 bridgehead atoms. The Morgan fingerprint density at radius 2 is 1.95 bits per heavy atom. The molecule has 0 heterocycles. The molecule has 0 spiro atoms. The van der Waals surface area contributed by atoms with Crippen LogP contribution < -0.4 is 5.32 Å². The largest absolute Gasteiger partial charge is 0.356 e. The number of halogens is 1. The van der Waals surface area contributed by atoms with Crippen molar-refractivity contribution in [3.8, 4) is 0 Å². The molecule has 0 saturated heterocycles. The van der Waals surface area contributed by atoms with Crippen molar-refractivity contribution < 1.29 is 9.59 Å². The van der Waals surface area contributed by atoms with Crippen molar-refractivity contribution in [3.63, 3.8) is 0 Å². The second-order valence-electron chi connectivity index (χ2n) is 4.95. The van der Waals surface area contributed by atoms with E-state index in [0.717, 1.165) is 17.0 Å². The van der Waals surface area contributed by atoms with Gasteiger partial charge >= 0.3 is 0 Å². The highest BCUT2D eigenvalue weighted by molar-refractivity contribution is 6.31. The molecule has 2 rings (SSSR count). The molecule has 1 saturated carbocycles. The lowest BCUT2D eigenvalue weighted by molar-refractivity contribution is -0.128. The second-order valence-corrected chi connectivity index (χ2v) is 5.35. The molecule has 19 heavy (non-hydrogen) atoms. The Kier molecular flexibility index (Phi) is 4.97. The van der Waals surface area contributed by atoms with Gasteiger partial charge in [0.25, 0.3) is 0 Å². The monoisotopic (exact) mass is 279 g/mol. The lowest BCUT2D eigenvalue weighted by Crippen LogP contribution is -2.34. The SMILES string of the molecule is O=C1CCC(C(=O)NCCc2ccccc2Cl)CC1. The summed E-state index contributed by atoms with van der Waals surface area (Å²) in [5.74, 6) is 0.351. The topological polar surface area (TPSA) is 46.2 Å². The fourth-order valence-electron chi connectivity index (χ4n) is 2.37. The van der Waals surface area contributed by atoms with E-state index in [4.69, 9.17) is 11.6 Å². The van der Waals surface area contributed by atoms with Crippen molar-refractivity contribution in [2.75, 3.05) is 6.54 Å². The zero-order valence-electron chi connectivity index (χ0n) is 10.8. The first-order valence-corrected chi connectivity index (χ1v) is 7.07. The minimum atomic E-state index is 0.00365. The summed E-state index contributed by atoms with van der Waals surface area (Å²) in [5.41, 5.74) is 1.04. The van der Waals surface area contributed by atoms with Crippen LogP contribution in [0.15, 0.2) is 24.3 Å². The van der Waals surface area contributed by atoms with E-state index in [-0.39, 0.29) is 17.6 Å². The maximum absolute atomic E-state index is 11.9. The Balaban J connectivity index is 1.75. The molecule has 1 aliphatic carbocycles. The molecule has 0 aliphatic heterocycles. The zero-order valence-corrected chi connectivity index (χ0v) is 11.6. The Bertz CT molecular complexity index is 463. The first kappa shape index (κ1) is 14.1. The normalized spacial score (nSPS) is 16.4. The Morgan fingerprint density at radius 3 is 2.63 bits per heavy atom. The van der Waals surface area contributed by atoms with E-state index in [1.165, 1.54) is 0 Å². The number of amides is 1. The standard InChI is InChI=1S/C15H18ClNO2/c16-14-4-2-1-3-11(14)9-10-17-15(19)12-5-7-13(18)8-6-12/h1-4,12H,5-10H2,(H,17,19). The van der Waals surface area contributed by atoms with Crippen LogP contribution in [0.5, 0.6) is 0 Å². The predicted molar refractivity (Wildman–Crippen MR) is 75.1 cm³/mol. The van der Waals surface area contributed by atoms with Gasteiger partial charge in [0.1, 0.15) is 5.78 Å². The van der Waals surface area contributed by atoms with Gasteiger partial charge in [-0.2, -0.15) is 0 Å². The summed E-state index contributed by atoms with van der Waals surface area (Å²) >= 11 is 6.05. The maximum atomic E-state index is 11.9. The lowest BCUT2D eigenvalue weighted by atomic mass is 9.88. The summed E-state index contributed by atoms with van der Waals surface area (Å²) in [6.45, 7) is 0.590. The van der Waals surface area contributed by atoms with Crippen LogP contribution in [0, 0.1) is 5.92 Å². The molecule has 1 aromatic carbocycles. The van der Waals surface area contributed by atoms with Crippen molar-refractivity contribution >= 4 is 23.3 Å². The van der Waals surface area contributed by atoms with Crippen LogP contribution in [-0.2, 0) is 16.0 Å². The minimum absolute atomic E-state index is 0.00365. The summed E-state index contributed by atoms with van der Waals surface area (Å²) in [5, 5.41) is 3.67. The van der Waals surface area contributed by atoms with Crippen LogP contribution in [0.1, 0.15) is 31.2 Å². The summed E-state index contributed by atoms with van der Waals surface area (Å²) in [7, 11) is 0. The third-order valence-electron chi connectivity index (χ3n) is 3.57. The predicted octanol–water partition coefficient (Wildman–Crippen LogP) is 2.76. The van der Waals surface area contributed by atoms with Gasteiger partial charge < -0.3 is 5.32 Å². The molecule has 1 aromatic rings. The summed E-state index contributed by atoms with van der Waals surface area (Å²) < 4.78 is 0. The van der Waals surface area contributed by atoms with Gasteiger partial charge in [0, 0.05) is 30.3 Å². The average Bonchev–Trinajstić information content (AvgIpc) is 2.41. The maximum Gasteiger partial charge on any atom is 0.223 e. The highest BCUT2D eigenvalue weighted by Gasteiger charge is 2.24. The van der Waals surface area contributed by atoms with Crippen molar-refractivity contribution in [3.05, 3.63) is 34.9 Å². The van der Waals surface area contributed by atoms with Crippen LogP contribution in [0.25, 0.3) is 0 Å². The number of Topliss-reactive ketones (excluding diaryl/α,β-unsaturated/α-hetero) is 1. The highest BCUT2D eigenvalue weighted by atomic mass is 35.5. The Hall–Kier alpha value is -1.35. The van der Waals surface area contributed by atoms with Crippen LogP contribution in [-0.4, -0.2) is 18.2 Å². The number of nitrogens with one attached hydrogen (secondary N) is 1. The minimum Gasteiger partial charge on any atom is -0.356 e. The van der Waals surface area contributed by atoms with Gasteiger partial charge in [0.05, 0.1) is 0 Å². The van der Waals surface area contributed by atoms with Gasteiger partial charge in [-0.25, -0.2) is 0 Å². The third kappa shape index (κ3) is 4.06. The molecule has 1 N–H and O–H groups in total. The summed E-state index contributed by atoms with van der Waals surface area (Å²) in [6, 6.07) is 7.65. The average molecular weight is 280 g/mol. The van der Waals surface area contributed by atoms with Gasteiger partial charge in [-0.1, -0.05) is 29.8 Å². The van der Waals surface area contributed by atoms with Crippen LogP contribution in [0.2, 0.25) is 5.02 Å². The van der Waals surface area contributed by atoms with Crippen molar-refractivity contribution in [2.45, 2.75) is 32.1 Å². The van der Waals surface area contributed by atoms with Gasteiger partial charge in [0.15, 0.2) is 0 Å². The van der Waals surface area contributed by atoms with E-state index < -0.39 is 0 Å². The number of benzene rings is 1. The van der Waals surface area contributed by atoms with E-state index >= 15 is 0 Å². The third-order valence-corrected chi connectivity index (χ3v) is 3.93. The fourth-order valence-corrected chi connectivity index (χ4v) is 2.60. The number of hydrogen-bond acceptors (Lipinski definition) is 2. The van der Waals surface area contributed by atoms with Gasteiger partial charge in [-0.15, -0.1) is 0 Å². The molecular weight excluding hydrogens is 262 g/mol. The molecule has 1 fully saturated rings. The van der Waals surface area contributed by atoms with Crippen LogP contribution >= 0.6 is 11.6 Å². The van der Waals surface area contributed by atoms with Gasteiger partial charge in [-0.3, -0.25) is 9.59 Å². The summed E-state index contributed by atoms with van der Waals surface area (Å²) in [6.07, 6.45) is 3.20. The molecule has 0 radical (unpaired) electrons. The molecular formula is C15H18ClNO2. The highest BCUT2D eigenvalue weighted by Crippen LogP contribution is 2.21. The number of rotatable bonds is 4. The van der Waals surface area contributed by atoms with E-state index in [1.807, 2.05) is 24.3 Å². The van der Waals surface area contributed by atoms with Gasteiger partial charge in [-0.05, 0) is 30.9 Å². The molecule has 0 aromatic heterocycles. The van der Waals surface area contributed by atoms with E-state index in [2.05, 4.69) is 5.32 Å². The quantitative estimate of drug-likeness (QED) is 0.921. The van der Waals surface area contributed by atoms with Crippen LogP contribution in [0.3, 0.4) is 0 Å². The first-order valence-electron chi connectivity index (χ1n) is 6.69. The van der Waals surface area contributed by atoms with Crippen molar-refractivity contribution in [2.24, 2.45) is 5.92 Å². The number of carbonyl (C=O) groups is 2. The summed E-state index contributed by atoms with van der Waals surface area (Å²) in [4.78, 5) is 23.0. The zero-order chi connectivity index (χ0) is 13.7. The molecule has 0 unspecified atom stereocenters. The molecule has 4 heteroatoms. The molecule has 0 atom stereocenters. The second kappa shape index (κ2) is 6.71. The molecule has 1 amide bonds. The fraction of sp³-hybridized carbons (Fsp3) is 0.467. The molecule has 102 valence electrons. The van der Waals surface area contributed by atoms with E-state index in [9.17, 15) is 9.59 Å².